The molecule has 0 spiro atoms. The Morgan fingerprint density at radius 3 is 2.32 bits per heavy atom. The number of carbonyl (C=O) groups excluding carboxylic acids is 1. The van der Waals surface area contributed by atoms with E-state index in [1.807, 2.05) is 30.3 Å². The average molecular weight is 341 g/mol. The largest absolute Gasteiger partial charge is 0.505 e. The molecule has 0 saturated carbocycles. The summed E-state index contributed by atoms with van der Waals surface area (Å²) in [5, 5.41) is 20.5. The van der Waals surface area contributed by atoms with Crippen molar-refractivity contribution >= 4 is 5.91 Å². The molecule has 0 aliphatic carbocycles. The number of aliphatic hydroxyl groups is 1. The van der Waals surface area contributed by atoms with Gasteiger partial charge in [0, 0.05) is 30.5 Å². The smallest absolute Gasteiger partial charge is 0.254 e. The lowest BCUT2D eigenvalue weighted by atomic mass is 9.80. The van der Waals surface area contributed by atoms with E-state index in [0.29, 0.717) is 12.8 Å². The van der Waals surface area contributed by atoms with Gasteiger partial charge in [-0.3, -0.25) is 4.79 Å². The van der Waals surface area contributed by atoms with Crippen LogP contribution in [0, 0.1) is 5.82 Å². The molecule has 2 saturated heterocycles. The highest BCUT2D eigenvalue weighted by molar-refractivity contribution is 5.95. The van der Waals surface area contributed by atoms with E-state index in [1.165, 1.54) is 12.1 Å². The summed E-state index contributed by atoms with van der Waals surface area (Å²) in [6.45, 7) is 0. The second-order valence-electron chi connectivity index (χ2n) is 7.07. The fourth-order valence-corrected chi connectivity index (χ4v) is 4.33. The molecule has 130 valence electrons. The lowest BCUT2D eigenvalue weighted by molar-refractivity contribution is -0.0479. The number of hydrogen-bond acceptors (Lipinski definition) is 3. The van der Waals surface area contributed by atoms with Crippen molar-refractivity contribution in [3.05, 3.63) is 65.5 Å². The van der Waals surface area contributed by atoms with E-state index < -0.39 is 17.2 Å². The first kappa shape index (κ1) is 16.1. The Balaban J connectivity index is 1.60. The normalized spacial score (nSPS) is 28.2. The monoisotopic (exact) mass is 341 g/mol. The molecule has 2 aliphatic heterocycles. The van der Waals surface area contributed by atoms with E-state index in [4.69, 9.17) is 0 Å². The third-order valence-electron chi connectivity index (χ3n) is 5.51. The Morgan fingerprint density at radius 1 is 1.08 bits per heavy atom. The first-order valence-electron chi connectivity index (χ1n) is 8.57. The molecule has 2 aliphatic rings. The number of aromatic hydroxyl groups is 1. The molecule has 2 atom stereocenters. The molecule has 4 nitrogen and oxygen atoms in total. The first-order chi connectivity index (χ1) is 12.0. The molecule has 2 heterocycles. The molecular weight excluding hydrogens is 321 g/mol. The highest BCUT2D eigenvalue weighted by atomic mass is 19.1. The topological polar surface area (TPSA) is 60.8 Å². The SMILES string of the molecule is O=C(c1ccc(O)c(F)c1)N1C2CCC1CC(O)(c1ccccc1)C2. The molecule has 0 aromatic heterocycles. The summed E-state index contributed by atoms with van der Waals surface area (Å²) in [5.74, 6) is -1.49. The zero-order chi connectivity index (χ0) is 17.6. The van der Waals surface area contributed by atoms with Crippen molar-refractivity contribution in [3.63, 3.8) is 0 Å². The summed E-state index contributed by atoms with van der Waals surface area (Å²) in [6, 6.07) is 13.2. The summed E-state index contributed by atoms with van der Waals surface area (Å²) in [4.78, 5) is 14.7. The van der Waals surface area contributed by atoms with Gasteiger partial charge in [-0.05, 0) is 36.6 Å². The van der Waals surface area contributed by atoms with Crippen LogP contribution in [0.4, 0.5) is 4.39 Å². The molecular formula is C20H20FNO3. The van der Waals surface area contributed by atoms with Crippen LogP contribution in [0.3, 0.4) is 0 Å². The molecule has 0 radical (unpaired) electrons. The van der Waals surface area contributed by atoms with E-state index >= 15 is 0 Å². The number of amides is 1. The number of hydrogen-bond donors (Lipinski definition) is 2. The predicted octanol–water partition coefficient (Wildman–Crippen LogP) is 3.19. The number of rotatable bonds is 2. The Hall–Kier alpha value is -2.40. The molecule has 2 aromatic rings. The van der Waals surface area contributed by atoms with Gasteiger partial charge in [0.2, 0.25) is 0 Å². The fraction of sp³-hybridized carbons (Fsp3) is 0.350. The highest BCUT2D eigenvalue weighted by Crippen LogP contribution is 2.46. The van der Waals surface area contributed by atoms with Crippen molar-refractivity contribution in [3.8, 4) is 5.75 Å². The van der Waals surface area contributed by atoms with Gasteiger partial charge in [-0.1, -0.05) is 30.3 Å². The van der Waals surface area contributed by atoms with Gasteiger partial charge in [0.1, 0.15) is 0 Å². The minimum atomic E-state index is -0.927. The van der Waals surface area contributed by atoms with Crippen LogP contribution in [0.1, 0.15) is 41.6 Å². The Morgan fingerprint density at radius 2 is 1.72 bits per heavy atom. The average Bonchev–Trinajstić information content (AvgIpc) is 2.89. The van der Waals surface area contributed by atoms with E-state index in [-0.39, 0.29) is 23.6 Å². The number of fused-ring (bicyclic) bond motifs is 2. The van der Waals surface area contributed by atoms with Crippen molar-refractivity contribution in [2.24, 2.45) is 0 Å². The van der Waals surface area contributed by atoms with Crippen LogP contribution >= 0.6 is 0 Å². The summed E-state index contributed by atoms with van der Waals surface area (Å²) < 4.78 is 13.6. The van der Waals surface area contributed by atoms with Gasteiger partial charge in [-0.25, -0.2) is 4.39 Å². The Bertz CT molecular complexity index is 794. The third-order valence-corrected chi connectivity index (χ3v) is 5.51. The number of piperidine rings is 1. The van der Waals surface area contributed by atoms with Gasteiger partial charge in [-0.2, -0.15) is 0 Å². The lowest BCUT2D eigenvalue weighted by Gasteiger charge is -2.44. The number of benzene rings is 2. The molecule has 2 aromatic carbocycles. The van der Waals surface area contributed by atoms with Gasteiger partial charge in [-0.15, -0.1) is 0 Å². The van der Waals surface area contributed by atoms with Crippen LogP contribution < -0.4 is 0 Å². The zero-order valence-electron chi connectivity index (χ0n) is 13.7. The van der Waals surface area contributed by atoms with Gasteiger partial charge in [0.25, 0.3) is 5.91 Å². The van der Waals surface area contributed by atoms with E-state index in [9.17, 15) is 19.4 Å². The molecule has 1 amide bonds. The maximum Gasteiger partial charge on any atom is 0.254 e. The van der Waals surface area contributed by atoms with Gasteiger partial charge < -0.3 is 15.1 Å². The minimum Gasteiger partial charge on any atom is -0.505 e. The molecule has 2 unspecified atom stereocenters. The van der Waals surface area contributed by atoms with E-state index in [2.05, 4.69) is 0 Å². The maximum atomic E-state index is 13.6. The fourth-order valence-electron chi connectivity index (χ4n) is 4.33. The number of carbonyl (C=O) groups is 1. The standard InChI is InChI=1S/C20H20FNO3/c21-17-10-13(6-9-18(17)23)19(24)22-15-7-8-16(22)12-20(25,11-15)14-4-2-1-3-5-14/h1-6,9-10,15-16,23,25H,7-8,11-12H2. The predicted molar refractivity (Wildman–Crippen MR) is 90.6 cm³/mol. The maximum absolute atomic E-state index is 13.6. The van der Waals surface area contributed by atoms with Crippen molar-refractivity contribution in [1.82, 2.24) is 4.90 Å². The number of nitrogens with zero attached hydrogens (tertiary/aromatic N) is 1. The first-order valence-corrected chi connectivity index (χ1v) is 8.57. The van der Waals surface area contributed by atoms with Gasteiger partial charge in [0.15, 0.2) is 11.6 Å². The van der Waals surface area contributed by atoms with Crippen molar-refractivity contribution in [1.29, 1.82) is 0 Å². The van der Waals surface area contributed by atoms with Crippen molar-refractivity contribution in [2.75, 3.05) is 0 Å². The lowest BCUT2D eigenvalue weighted by Crippen LogP contribution is -2.52. The quantitative estimate of drug-likeness (QED) is 0.882. The Kier molecular flexibility index (Phi) is 3.76. The molecule has 25 heavy (non-hydrogen) atoms. The van der Waals surface area contributed by atoms with E-state index in [1.54, 1.807) is 4.90 Å². The number of halogens is 1. The summed E-state index contributed by atoms with van der Waals surface area (Å²) >= 11 is 0. The van der Waals surface area contributed by atoms with Crippen LogP contribution in [0.5, 0.6) is 5.75 Å². The minimum absolute atomic E-state index is 0.0617. The van der Waals surface area contributed by atoms with Crippen molar-refractivity contribution < 1.29 is 19.4 Å². The third kappa shape index (κ3) is 2.68. The van der Waals surface area contributed by atoms with Gasteiger partial charge in [0.05, 0.1) is 5.60 Å². The number of phenols is 1. The molecule has 2 N–H and O–H groups in total. The van der Waals surface area contributed by atoms with Crippen LogP contribution in [-0.2, 0) is 5.60 Å². The second kappa shape index (κ2) is 5.85. The molecule has 2 fully saturated rings. The molecule has 2 bridgehead atoms. The van der Waals surface area contributed by atoms with E-state index in [0.717, 1.165) is 24.5 Å². The van der Waals surface area contributed by atoms with Gasteiger partial charge >= 0.3 is 0 Å². The summed E-state index contributed by atoms with van der Waals surface area (Å²) in [7, 11) is 0. The highest BCUT2D eigenvalue weighted by Gasteiger charge is 2.50. The van der Waals surface area contributed by atoms with Crippen molar-refractivity contribution in [2.45, 2.75) is 43.4 Å². The van der Waals surface area contributed by atoms with Crippen LogP contribution in [-0.4, -0.2) is 33.1 Å². The number of phenolic OH excluding ortho intramolecular Hbond substituents is 1. The zero-order valence-corrected chi connectivity index (χ0v) is 13.7. The summed E-state index contributed by atoms with van der Waals surface area (Å²) in [5.41, 5.74) is 0.191. The van der Waals surface area contributed by atoms with Crippen LogP contribution in [0.25, 0.3) is 0 Å². The molecule has 5 heteroatoms. The second-order valence-corrected chi connectivity index (χ2v) is 7.07. The summed E-state index contributed by atoms with van der Waals surface area (Å²) in [6.07, 6.45) is 2.65. The Labute approximate surface area is 145 Å². The molecule has 4 rings (SSSR count). The van der Waals surface area contributed by atoms with Crippen LogP contribution in [0.2, 0.25) is 0 Å². The van der Waals surface area contributed by atoms with Crippen LogP contribution in [0.15, 0.2) is 48.5 Å².